The van der Waals surface area contributed by atoms with Gasteiger partial charge >= 0.3 is 0 Å². The van der Waals surface area contributed by atoms with Gasteiger partial charge in [-0.15, -0.1) is 12.4 Å². The Kier molecular flexibility index (Phi) is 6.05. The molecule has 0 bridgehead atoms. The van der Waals surface area contributed by atoms with Crippen molar-refractivity contribution in [2.24, 2.45) is 0 Å². The Morgan fingerprint density at radius 3 is 2.32 bits per heavy atom. The third-order valence-corrected chi connectivity index (χ3v) is 9.17. The smallest absolute Gasteiger partial charge is 0.186 e. The zero-order chi connectivity index (χ0) is 19.1. The van der Waals surface area contributed by atoms with Crippen molar-refractivity contribution in [2.45, 2.75) is 34.0 Å². The van der Waals surface area contributed by atoms with Crippen LogP contribution in [0.5, 0.6) is 5.75 Å². The summed E-state index contributed by atoms with van der Waals surface area (Å²) in [6.45, 7) is 1.65. The highest BCUT2D eigenvalue weighted by Gasteiger charge is 2.45. The van der Waals surface area contributed by atoms with Crippen LogP contribution in [-0.4, -0.2) is 41.8 Å². The molecular weight excluding hydrogens is 422 g/mol. The molecule has 0 spiro atoms. The summed E-state index contributed by atoms with van der Waals surface area (Å²) in [7, 11) is -7.54. The van der Waals surface area contributed by atoms with Crippen molar-refractivity contribution in [3.63, 3.8) is 0 Å². The second-order valence-electron chi connectivity index (χ2n) is 6.86. The van der Waals surface area contributed by atoms with Crippen LogP contribution in [0.1, 0.15) is 23.7 Å². The monoisotopic (exact) mass is 443 g/mol. The van der Waals surface area contributed by atoms with Gasteiger partial charge in [0.1, 0.15) is 17.1 Å². The summed E-state index contributed by atoms with van der Waals surface area (Å²) in [5.74, 6) is -0.0865. The molecule has 0 aromatic heterocycles. The Morgan fingerprint density at radius 1 is 0.964 bits per heavy atom. The number of halogens is 1. The Hall–Kier alpha value is -1.61. The van der Waals surface area contributed by atoms with Gasteiger partial charge in [0.15, 0.2) is 19.7 Å². The summed E-state index contributed by atoms with van der Waals surface area (Å²) in [5.41, 5.74) is 0.278. The number of hydrogen-bond donors (Lipinski definition) is 1. The SMILES string of the molecule is Cl.O=S1(=O)CC(S(=O)(=O)c2ccccc2)c2c(OC3CCNCC3)cccc21. The van der Waals surface area contributed by atoms with Gasteiger partial charge in [-0.2, -0.15) is 0 Å². The van der Waals surface area contributed by atoms with Crippen LogP contribution in [0.2, 0.25) is 0 Å². The van der Waals surface area contributed by atoms with Crippen molar-refractivity contribution in [1.29, 1.82) is 0 Å². The van der Waals surface area contributed by atoms with Crippen LogP contribution >= 0.6 is 12.4 Å². The summed E-state index contributed by atoms with van der Waals surface area (Å²) >= 11 is 0. The van der Waals surface area contributed by atoms with Gasteiger partial charge < -0.3 is 10.1 Å². The minimum atomic E-state index is -3.86. The zero-order valence-corrected chi connectivity index (χ0v) is 17.5. The molecule has 2 heterocycles. The van der Waals surface area contributed by atoms with Crippen molar-refractivity contribution in [1.82, 2.24) is 5.32 Å². The molecule has 0 saturated carbocycles. The standard InChI is InChI=1S/C19H21NO5S2.ClH/c21-26(22)13-18(27(23,24)15-5-2-1-3-6-15)19-16(7-4-8-17(19)26)25-14-9-11-20-12-10-14;/h1-8,14,18,20H,9-13H2;1H. The fourth-order valence-electron chi connectivity index (χ4n) is 3.70. The van der Waals surface area contributed by atoms with E-state index in [1.54, 1.807) is 30.3 Å². The van der Waals surface area contributed by atoms with Crippen LogP contribution in [0, 0.1) is 0 Å². The van der Waals surface area contributed by atoms with Gasteiger partial charge in [0.25, 0.3) is 0 Å². The van der Waals surface area contributed by atoms with E-state index in [0.717, 1.165) is 25.9 Å². The number of ether oxygens (including phenoxy) is 1. The van der Waals surface area contributed by atoms with Crippen molar-refractivity contribution in [2.75, 3.05) is 18.8 Å². The molecule has 28 heavy (non-hydrogen) atoms. The predicted molar refractivity (Wildman–Crippen MR) is 109 cm³/mol. The van der Waals surface area contributed by atoms with E-state index < -0.39 is 30.7 Å². The third kappa shape index (κ3) is 3.78. The van der Waals surface area contributed by atoms with E-state index in [1.165, 1.54) is 18.2 Å². The molecule has 2 aliphatic rings. The van der Waals surface area contributed by atoms with Crippen molar-refractivity contribution in [3.8, 4) is 5.75 Å². The molecule has 1 unspecified atom stereocenters. The molecule has 2 aromatic rings. The average molecular weight is 444 g/mol. The van der Waals surface area contributed by atoms with Crippen molar-refractivity contribution in [3.05, 3.63) is 54.1 Å². The number of benzene rings is 2. The first-order chi connectivity index (χ1) is 12.9. The first-order valence-electron chi connectivity index (χ1n) is 8.91. The largest absolute Gasteiger partial charge is 0.490 e. The van der Waals surface area contributed by atoms with E-state index in [0.29, 0.717) is 5.75 Å². The number of piperidine rings is 1. The average Bonchev–Trinajstić information content (AvgIpc) is 2.96. The molecule has 0 amide bonds. The third-order valence-electron chi connectivity index (χ3n) is 5.08. The molecule has 1 fully saturated rings. The molecule has 1 N–H and O–H groups in total. The molecule has 0 radical (unpaired) electrons. The molecular formula is C19H22ClNO5S2. The number of sulfone groups is 2. The van der Waals surface area contributed by atoms with Crippen LogP contribution < -0.4 is 10.1 Å². The highest BCUT2D eigenvalue weighted by Crippen LogP contribution is 2.46. The minimum Gasteiger partial charge on any atom is -0.490 e. The first kappa shape index (κ1) is 21.1. The Labute approximate surface area is 171 Å². The lowest BCUT2D eigenvalue weighted by Gasteiger charge is -2.25. The lowest BCUT2D eigenvalue weighted by atomic mass is 10.1. The van der Waals surface area contributed by atoms with Gasteiger partial charge in [0.05, 0.1) is 15.5 Å². The summed E-state index contributed by atoms with van der Waals surface area (Å²) in [6.07, 6.45) is 1.54. The molecule has 0 aliphatic carbocycles. The molecule has 2 aliphatic heterocycles. The Bertz CT molecular complexity index is 1050. The van der Waals surface area contributed by atoms with Crippen LogP contribution in [0.3, 0.4) is 0 Å². The van der Waals surface area contributed by atoms with E-state index in [9.17, 15) is 16.8 Å². The molecule has 6 nitrogen and oxygen atoms in total. The number of fused-ring (bicyclic) bond motifs is 1. The van der Waals surface area contributed by atoms with Gasteiger partial charge in [-0.1, -0.05) is 24.3 Å². The topological polar surface area (TPSA) is 89.5 Å². The molecule has 9 heteroatoms. The van der Waals surface area contributed by atoms with Gasteiger partial charge in [-0.25, -0.2) is 16.8 Å². The fraction of sp³-hybridized carbons (Fsp3) is 0.368. The maximum absolute atomic E-state index is 13.2. The first-order valence-corrected chi connectivity index (χ1v) is 12.1. The normalized spacial score (nSPS) is 21.5. The van der Waals surface area contributed by atoms with Crippen LogP contribution in [0.4, 0.5) is 0 Å². The summed E-state index contributed by atoms with van der Waals surface area (Å²) in [6, 6.07) is 12.7. The van der Waals surface area contributed by atoms with Crippen molar-refractivity contribution >= 4 is 32.1 Å². The van der Waals surface area contributed by atoms with Crippen LogP contribution in [0.25, 0.3) is 0 Å². The molecule has 1 saturated heterocycles. The Morgan fingerprint density at radius 2 is 1.64 bits per heavy atom. The van der Waals surface area contributed by atoms with Gasteiger partial charge in [-0.3, -0.25) is 0 Å². The van der Waals surface area contributed by atoms with E-state index in [-0.39, 0.29) is 33.9 Å². The molecule has 1 atom stereocenters. The summed E-state index contributed by atoms with van der Waals surface area (Å²) < 4.78 is 57.8. The van der Waals surface area contributed by atoms with Crippen LogP contribution in [-0.2, 0) is 19.7 Å². The Balaban J connectivity index is 0.00000225. The highest BCUT2D eigenvalue weighted by atomic mass is 35.5. The number of hydrogen-bond acceptors (Lipinski definition) is 6. The summed E-state index contributed by atoms with van der Waals surface area (Å²) in [4.78, 5) is 0.188. The van der Waals surface area contributed by atoms with E-state index in [4.69, 9.17) is 4.74 Å². The van der Waals surface area contributed by atoms with Gasteiger partial charge in [0, 0.05) is 5.56 Å². The van der Waals surface area contributed by atoms with Gasteiger partial charge in [-0.05, 0) is 50.2 Å². The molecule has 2 aromatic carbocycles. The highest BCUT2D eigenvalue weighted by molar-refractivity contribution is 7.96. The molecule has 152 valence electrons. The van der Waals surface area contributed by atoms with E-state index in [2.05, 4.69) is 5.32 Å². The quantitative estimate of drug-likeness (QED) is 0.781. The lowest BCUT2D eigenvalue weighted by Crippen LogP contribution is -2.34. The van der Waals surface area contributed by atoms with Crippen LogP contribution in [0.15, 0.2) is 58.3 Å². The van der Waals surface area contributed by atoms with Crippen molar-refractivity contribution < 1.29 is 21.6 Å². The van der Waals surface area contributed by atoms with E-state index >= 15 is 0 Å². The van der Waals surface area contributed by atoms with Gasteiger partial charge in [0.2, 0.25) is 0 Å². The maximum atomic E-state index is 13.2. The van der Waals surface area contributed by atoms with E-state index in [1.807, 2.05) is 0 Å². The minimum absolute atomic E-state index is 0. The zero-order valence-electron chi connectivity index (χ0n) is 15.1. The maximum Gasteiger partial charge on any atom is 0.186 e. The number of rotatable bonds is 4. The second kappa shape index (κ2) is 8.02. The summed E-state index contributed by atoms with van der Waals surface area (Å²) in [5, 5.41) is 2.09. The second-order valence-corrected chi connectivity index (χ2v) is 11.0. The fourth-order valence-corrected chi connectivity index (χ4v) is 8.06. The lowest BCUT2D eigenvalue weighted by molar-refractivity contribution is 0.160. The number of nitrogens with one attached hydrogen (secondary N) is 1. The molecule has 4 rings (SSSR count). The predicted octanol–water partition coefficient (Wildman–Crippen LogP) is 2.54.